The van der Waals surface area contributed by atoms with Crippen molar-refractivity contribution in [1.82, 2.24) is 4.90 Å². The Morgan fingerprint density at radius 3 is 2.77 bits per heavy atom. The number of carbonyl (C=O) groups excluding carboxylic acids is 1. The molecule has 1 aromatic carbocycles. The van der Waals surface area contributed by atoms with Crippen LogP contribution in [-0.4, -0.2) is 35.7 Å². The maximum absolute atomic E-state index is 13.6. The summed E-state index contributed by atoms with van der Waals surface area (Å²) in [7, 11) is 0. The molecule has 4 nitrogen and oxygen atoms in total. The predicted octanol–water partition coefficient (Wildman–Crippen LogP) is 2.41. The van der Waals surface area contributed by atoms with Crippen molar-refractivity contribution < 1.29 is 13.9 Å². The van der Waals surface area contributed by atoms with Crippen LogP contribution in [-0.2, 0) is 11.3 Å². The first kappa shape index (κ1) is 15.3. The van der Waals surface area contributed by atoms with Crippen LogP contribution in [0.3, 0.4) is 0 Å². The minimum absolute atomic E-state index is 0.195. The minimum Gasteiger partial charge on any atom is -0.490 e. The summed E-state index contributed by atoms with van der Waals surface area (Å²) in [6, 6.07) is 7.30. The quantitative estimate of drug-likeness (QED) is 0.909. The summed E-state index contributed by atoms with van der Waals surface area (Å²) in [5.41, 5.74) is 6.39. The van der Waals surface area contributed by atoms with E-state index in [4.69, 9.17) is 10.5 Å². The van der Waals surface area contributed by atoms with Crippen molar-refractivity contribution in [3.05, 3.63) is 29.8 Å². The number of hydrogen-bond donors (Lipinski definition) is 1. The standard InChI is InChI=1S/C17H23FN2O2/c18-13-9-15(17(19)21)20(11-13)10-12-5-1-4-8-16(12)22-14-6-2-3-7-14/h1,4-5,8,13-15H,2-3,6-7,9-11H2,(H2,19,21)/t13-,15+/m1/s1. The average molecular weight is 306 g/mol. The molecule has 22 heavy (non-hydrogen) atoms. The normalized spacial score (nSPS) is 26.4. The number of halogens is 1. The van der Waals surface area contributed by atoms with Gasteiger partial charge in [-0.25, -0.2) is 4.39 Å². The highest BCUT2D eigenvalue weighted by atomic mass is 19.1. The number of amides is 1. The zero-order valence-electron chi connectivity index (χ0n) is 12.7. The van der Waals surface area contributed by atoms with Gasteiger partial charge in [-0.15, -0.1) is 0 Å². The zero-order chi connectivity index (χ0) is 15.5. The Kier molecular flexibility index (Phi) is 4.62. The molecular weight excluding hydrogens is 283 g/mol. The summed E-state index contributed by atoms with van der Waals surface area (Å²) >= 11 is 0. The number of nitrogens with two attached hydrogens (primary N) is 1. The third-order valence-corrected chi connectivity index (χ3v) is 4.62. The van der Waals surface area contributed by atoms with Gasteiger partial charge in [-0.05, 0) is 31.7 Å². The second kappa shape index (κ2) is 6.65. The molecule has 5 heteroatoms. The third-order valence-electron chi connectivity index (χ3n) is 4.62. The topological polar surface area (TPSA) is 55.6 Å². The number of rotatable bonds is 5. The molecule has 0 unspecified atom stereocenters. The smallest absolute Gasteiger partial charge is 0.234 e. The number of likely N-dealkylation sites (tertiary alicyclic amines) is 1. The van der Waals surface area contributed by atoms with Gasteiger partial charge >= 0.3 is 0 Å². The lowest BCUT2D eigenvalue weighted by molar-refractivity contribution is -0.122. The van der Waals surface area contributed by atoms with Gasteiger partial charge in [0.2, 0.25) is 5.91 Å². The SMILES string of the molecule is NC(=O)[C@@H]1C[C@@H](F)CN1Cc1ccccc1OC1CCCC1. The van der Waals surface area contributed by atoms with Crippen molar-refractivity contribution in [3.63, 3.8) is 0 Å². The number of carbonyl (C=O) groups is 1. The van der Waals surface area contributed by atoms with Crippen molar-refractivity contribution in [1.29, 1.82) is 0 Å². The van der Waals surface area contributed by atoms with E-state index in [1.54, 1.807) is 0 Å². The van der Waals surface area contributed by atoms with Crippen LogP contribution < -0.4 is 10.5 Å². The molecule has 1 aliphatic heterocycles. The molecule has 2 atom stereocenters. The van der Waals surface area contributed by atoms with Crippen molar-refractivity contribution in [2.24, 2.45) is 5.73 Å². The Labute approximate surface area is 130 Å². The van der Waals surface area contributed by atoms with Gasteiger partial charge in [0.15, 0.2) is 0 Å². The highest BCUT2D eigenvalue weighted by molar-refractivity contribution is 5.80. The van der Waals surface area contributed by atoms with Gasteiger partial charge in [0.25, 0.3) is 0 Å². The Morgan fingerprint density at radius 1 is 1.32 bits per heavy atom. The van der Waals surface area contributed by atoms with Crippen LogP contribution in [0.15, 0.2) is 24.3 Å². The lowest BCUT2D eigenvalue weighted by Crippen LogP contribution is -2.39. The van der Waals surface area contributed by atoms with E-state index in [2.05, 4.69) is 0 Å². The van der Waals surface area contributed by atoms with Crippen LogP contribution in [0.4, 0.5) is 4.39 Å². The van der Waals surface area contributed by atoms with Crippen LogP contribution in [0, 0.1) is 0 Å². The van der Waals surface area contributed by atoms with Crippen LogP contribution in [0.5, 0.6) is 5.75 Å². The number of nitrogens with zero attached hydrogens (tertiary/aromatic N) is 1. The molecule has 0 bridgehead atoms. The first-order chi connectivity index (χ1) is 10.6. The fourth-order valence-corrected chi connectivity index (χ4v) is 3.47. The molecule has 1 saturated heterocycles. The van der Waals surface area contributed by atoms with Crippen molar-refractivity contribution in [2.45, 2.75) is 57.0 Å². The van der Waals surface area contributed by atoms with Gasteiger partial charge in [0, 0.05) is 25.1 Å². The Morgan fingerprint density at radius 2 is 2.05 bits per heavy atom. The largest absolute Gasteiger partial charge is 0.490 e. The van der Waals surface area contributed by atoms with Crippen molar-refractivity contribution in [2.75, 3.05) is 6.54 Å². The monoisotopic (exact) mass is 306 g/mol. The number of ether oxygens (including phenoxy) is 1. The van der Waals surface area contributed by atoms with E-state index in [0.717, 1.165) is 24.2 Å². The van der Waals surface area contributed by atoms with Crippen LogP contribution >= 0.6 is 0 Å². The molecule has 120 valence electrons. The van der Waals surface area contributed by atoms with E-state index in [9.17, 15) is 9.18 Å². The maximum atomic E-state index is 13.6. The van der Waals surface area contributed by atoms with Gasteiger partial charge in [-0.1, -0.05) is 18.2 Å². The zero-order valence-corrected chi connectivity index (χ0v) is 12.7. The van der Waals surface area contributed by atoms with Gasteiger partial charge in [-0.2, -0.15) is 0 Å². The summed E-state index contributed by atoms with van der Waals surface area (Å²) in [4.78, 5) is 13.3. The minimum atomic E-state index is -0.986. The molecule has 1 amide bonds. The summed E-state index contributed by atoms with van der Waals surface area (Å²) < 4.78 is 19.7. The molecular formula is C17H23FN2O2. The van der Waals surface area contributed by atoms with Crippen molar-refractivity contribution in [3.8, 4) is 5.75 Å². The summed E-state index contributed by atoms with van der Waals surface area (Å²) in [6.07, 6.45) is 4.10. The average Bonchev–Trinajstić information content (AvgIpc) is 3.11. The van der Waals surface area contributed by atoms with Crippen LogP contribution in [0.25, 0.3) is 0 Å². The van der Waals surface area contributed by atoms with E-state index in [0.29, 0.717) is 6.54 Å². The van der Waals surface area contributed by atoms with Gasteiger partial charge in [0.1, 0.15) is 11.9 Å². The molecule has 1 aliphatic carbocycles. The summed E-state index contributed by atoms with van der Waals surface area (Å²) in [5.74, 6) is 0.397. The molecule has 1 saturated carbocycles. The fourth-order valence-electron chi connectivity index (χ4n) is 3.47. The molecule has 3 rings (SSSR count). The predicted molar refractivity (Wildman–Crippen MR) is 82.2 cm³/mol. The van der Waals surface area contributed by atoms with Gasteiger partial charge in [0.05, 0.1) is 12.1 Å². The van der Waals surface area contributed by atoms with E-state index in [1.807, 2.05) is 29.2 Å². The molecule has 2 aliphatic rings. The Hall–Kier alpha value is -1.62. The van der Waals surface area contributed by atoms with Crippen molar-refractivity contribution >= 4 is 5.91 Å². The van der Waals surface area contributed by atoms with E-state index >= 15 is 0 Å². The first-order valence-electron chi connectivity index (χ1n) is 8.05. The molecule has 1 heterocycles. The lowest BCUT2D eigenvalue weighted by atomic mass is 10.1. The molecule has 0 aromatic heterocycles. The Balaban J connectivity index is 1.72. The highest BCUT2D eigenvalue weighted by Crippen LogP contribution is 2.29. The fraction of sp³-hybridized carbons (Fsp3) is 0.588. The first-order valence-corrected chi connectivity index (χ1v) is 8.05. The second-order valence-corrected chi connectivity index (χ2v) is 6.31. The van der Waals surface area contributed by atoms with Gasteiger partial charge in [-0.3, -0.25) is 9.69 Å². The van der Waals surface area contributed by atoms with E-state index in [1.165, 1.54) is 12.8 Å². The lowest BCUT2D eigenvalue weighted by Gasteiger charge is -2.23. The molecule has 2 N–H and O–H groups in total. The molecule has 0 radical (unpaired) electrons. The highest BCUT2D eigenvalue weighted by Gasteiger charge is 2.36. The molecule has 0 spiro atoms. The number of benzene rings is 1. The van der Waals surface area contributed by atoms with Crippen LogP contribution in [0.2, 0.25) is 0 Å². The number of para-hydroxylation sites is 1. The molecule has 2 fully saturated rings. The number of primary amides is 1. The maximum Gasteiger partial charge on any atom is 0.234 e. The van der Waals surface area contributed by atoms with E-state index < -0.39 is 18.1 Å². The van der Waals surface area contributed by atoms with E-state index in [-0.39, 0.29) is 19.1 Å². The van der Waals surface area contributed by atoms with Crippen LogP contribution in [0.1, 0.15) is 37.7 Å². The summed E-state index contributed by atoms with van der Waals surface area (Å²) in [6.45, 7) is 0.752. The number of alkyl halides is 1. The second-order valence-electron chi connectivity index (χ2n) is 6.31. The molecule has 1 aromatic rings. The summed E-state index contributed by atoms with van der Waals surface area (Å²) in [5, 5.41) is 0. The third kappa shape index (κ3) is 3.40. The Bertz CT molecular complexity index is 531. The number of hydrogen-bond acceptors (Lipinski definition) is 3. The van der Waals surface area contributed by atoms with Gasteiger partial charge < -0.3 is 10.5 Å².